The van der Waals surface area contributed by atoms with E-state index in [1.165, 1.54) is 11.8 Å². The van der Waals surface area contributed by atoms with Crippen LogP contribution in [0.1, 0.15) is 40.7 Å². The van der Waals surface area contributed by atoms with Crippen molar-refractivity contribution >= 4 is 29.3 Å². The summed E-state index contributed by atoms with van der Waals surface area (Å²) in [6.07, 6.45) is 3.88. The van der Waals surface area contributed by atoms with Crippen molar-refractivity contribution in [3.63, 3.8) is 0 Å². The third-order valence-corrected chi connectivity index (χ3v) is 5.54. The van der Waals surface area contributed by atoms with Crippen LogP contribution in [0, 0.1) is 0 Å². The Kier molecular flexibility index (Phi) is 5.66. The molecule has 29 heavy (non-hydrogen) atoms. The van der Waals surface area contributed by atoms with Crippen LogP contribution >= 0.6 is 11.8 Å². The zero-order valence-electron chi connectivity index (χ0n) is 15.9. The number of amides is 2. The predicted octanol–water partition coefficient (Wildman–Crippen LogP) is 2.89. The van der Waals surface area contributed by atoms with Gasteiger partial charge in [-0.2, -0.15) is 0 Å². The van der Waals surface area contributed by atoms with Crippen molar-refractivity contribution in [1.29, 1.82) is 0 Å². The molecule has 2 amide bonds. The van der Waals surface area contributed by atoms with Crippen LogP contribution in [0.3, 0.4) is 0 Å². The van der Waals surface area contributed by atoms with Gasteiger partial charge in [-0.25, -0.2) is 0 Å². The number of hydrogen-bond acceptors (Lipinski definition) is 6. The summed E-state index contributed by atoms with van der Waals surface area (Å²) in [5.41, 5.74) is 1.18. The van der Waals surface area contributed by atoms with Crippen molar-refractivity contribution in [2.24, 2.45) is 0 Å². The number of nitrogens with zero attached hydrogens (tertiary/aromatic N) is 3. The van der Waals surface area contributed by atoms with Gasteiger partial charge in [0.05, 0.1) is 18.6 Å². The summed E-state index contributed by atoms with van der Waals surface area (Å²) >= 11 is 1.35. The van der Waals surface area contributed by atoms with Crippen LogP contribution < -0.4 is 10.6 Å². The molecule has 1 fully saturated rings. The minimum atomic E-state index is -0.166. The van der Waals surface area contributed by atoms with Gasteiger partial charge < -0.3 is 15.1 Å². The third kappa shape index (κ3) is 4.68. The minimum absolute atomic E-state index is 0.150. The summed E-state index contributed by atoms with van der Waals surface area (Å²) in [5, 5.41) is 14.7. The smallest absolute Gasteiger partial charge is 0.251 e. The van der Waals surface area contributed by atoms with Crippen LogP contribution in [-0.2, 0) is 11.3 Å². The first-order valence-corrected chi connectivity index (χ1v) is 10.3. The molecule has 9 heteroatoms. The number of nitrogens with one attached hydrogen (secondary N) is 2. The predicted molar refractivity (Wildman–Crippen MR) is 109 cm³/mol. The Labute approximate surface area is 172 Å². The summed E-state index contributed by atoms with van der Waals surface area (Å²) in [5.74, 6) is 2.12. The lowest BCUT2D eigenvalue weighted by molar-refractivity contribution is -0.113. The van der Waals surface area contributed by atoms with Crippen molar-refractivity contribution in [3.8, 4) is 0 Å². The fourth-order valence-corrected chi connectivity index (χ4v) is 3.68. The molecule has 0 spiro atoms. The molecule has 2 N–H and O–H groups in total. The zero-order chi connectivity index (χ0) is 20.2. The summed E-state index contributed by atoms with van der Waals surface area (Å²) in [6, 6.07) is 10.5. The van der Waals surface area contributed by atoms with E-state index in [0.717, 1.165) is 24.4 Å². The van der Waals surface area contributed by atoms with Gasteiger partial charge in [-0.3, -0.25) is 14.2 Å². The average molecular weight is 411 g/mol. The molecule has 4 rings (SSSR count). The second-order valence-corrected chi connectivity index (χ2v) is 7.72. The number of carbonyl (C=O) groups excluding carboxylic acids is 2. The van der Waals surface area contributed by atoms with Crippen molar-refractivity contribution in [3.05, 3.63) is 59.8 Å². The number of benzene rings is 1. The molecule has 2 heterocycles. The number of hydrogen-bond donors (Lipinski definition) is 2. The van der Waals surface area contributed by atoms with E-state index in [4.69, 9.17) is 4.42 Å². The summed E-state index contributed by atoms with van der Waals surface area (Å²) < 4.78 is 7.50. The van der Waals surface area contributed by atoms with Gasteiger partial charge in [0, 0.05) is 24.2 Å². The highest BCUT2D eigenvalue weighted by atomic mass is 32.2. The van der Waals surface area contributed by atoms with Gasteiger partial charge in [-0.15, -0.1) is 10.2 Å². The Hall–Kier alpha value is -3.07. The van der Waals surface area contributed by atoms with Crippen LogP contribution in [0.5, 0.6) is 0 Å². The van der Waals surface area contributed by atoms with E-state index in [9.17, 15) is 9.59 Å². The maximum absolute atomic E-state index is 12.4. The van der Waals surface area contributed by atoms with E-state index in [1.54, 1.807) is 37.6 Å². The molecule has 2 aromatic heterocycles. The van der Waals surface area contributed by atoms with E-state index in [1.807, 2.05) is 16.7 Å². The van der Waals surface area contributed by atoms with Gasteiger partial charge in [0.1, 0.15) is 11.6 Å². The zero-order valence-corrected chi connectivity index (χ0v) is 16.7. The number of furan rings is 1. The average Bonchev–Trinajstić information content (AvgIpc) is 3.30. The maximum Gasteiger partial charge on any atom is 0.251 e. The highest BCUT2D eigenvalue weighted by molar-refractivity contribution is 7.99. The molecule has 1 saturated carbocycles. The molecule has 1 aromatic carbocycles. The molecule has 0 aliphatic heterocycles. The van der Waals surface area contributed by atoms with Crippen LogP contribution in [0.2, 0.25) is 0 Å². The number of anilines is 1. The van der Waals surface area contributed by atoms with Gasteiger partial charge in [-0.1, -0.05) is 11.8 Å². The van der Waals surface area contributed by atoms with Gasteiger partial charge in [0.15, 0.2) is 5.16 Å². The molecule has 0 radical (unpaired) electrons. The first-order chi connectivity index (χ1) is 14.1. The topological polar surface area (TPSA) is 102 Å². The molecule has 150 valence electrons. The summed E-state index contributed by atoms with van der Waals surface area (Å²) in [6.45, 7) is 0.552. The Morgan fingerprint density at radius 1 is 1.21 bits per heavy atom. The standard InChI is InChI=1S/C20H21N5O3S/c1-21-19(27)14-6-8-15(9-7-14)22-17(26)12-29-20-24-23-18(13-4-5-13)25(20)11-16-3-2-10-28-16/h2-3,6-10,13H,4-5,11-12H2,1H3,(H,21,27)(H,22,26). The van der Waals surface area contributed by atoms with Crippen molar-refractivity contribution in [2.45, 2.75) is 30.5 Å². The molecule has 8 nitrogen and oxygen atoms in total. The summed E-state index contributed by atoms with van der Waals surface area (Å²) in [4.78, 5) is 23.9. The van der Waals surface area contributed by atoms with Crippen LogP contribution in [0.15, 0.2) is 52.2 Å². The second kappa shape index (κ2) is 8.52. The maximum atomic E-state index is 12.4. The van der Waals surface area contributed by atoms with Gasteiger partial charge in [0.25, 0.3) is 5.91 Å². The lowest BCUT2D eigenvalue weighted by Crippen LogP contribution is -2.18. The van der Waals surface area contributed by atoms with Gasteiger partial charge in [0.2, 0.25) is 5.91 Å². The third-order valence-electron chi connectivity index (χ3n) is 4.57. The first-order valence-electron chi connectivity index (χ1n) is 9.34. The first kappa shape index (κ1) is 19.3. The molecule has 1 aliphatic carbocycles. The molecule has 0 bridgehead atoms. The van der Waals surface area contributed by atoms with E-state index < -0.39 is 0 Å². The van der Waals surface area contributed by atoms with Crippen LogP contribution in [0.4, 0.5) is 5.69 Å². The normalized spacial score (nSPS) is 13.3. The molecular formula is C20H21N5O3S. The van der Waals surface area contributed by atoms with Crippen LogP contribution in [-0.4, -0.2) is 39.4 Å². The number of thioether (sulfide) groups is 1. The molecule has 0 atom stereocenters. The quantitative estimate of drug-likeness (QED) is 0.553. The summed E-state index contributed by atoms with van der Waals surface area (Å²) in [7, 11) is 1.58. The van der Waals surface area contributed by atoms with Crippen LogP contribution in [0.25, 0.3) is 0 Å². The Morgan fingerprint density at radius 3 is 2.66 bits per heavy atom. The minimum Gasteiger partial charge on any atom is -0.467 e. The van der Waals surface area contributed by atoms with E-state index in [0.29, 0.717) is 28.9 Å². The number of aromatic nitrogens is 3. The largest absolute Gasteiger partial charge is 0.467 e. The second-order valence-electron chi connectivity index (χ2n) is 6.77. The SMILES string of the molecule is CNC(=O)c1ccc(NC(=O)CSc2nnc(C3CC3)n2Cc2ccco2)cc1. The fourth-order valence-electron chi connectivity index (χ4n) is 2.93. The van der Waals surface area contributed by atoms with Crippen molar-refractivity contribution < 1.29 is 14.0 Å². The number of carbonyl (C=O) groups is 2. The fraction of sp³-hybridized carbons (Fsp3) is 0.300. The van der Waals surface area contributed by atoms with E-state index in [2.05, 4.69) is 20.8 Å². The Bertz CT molecular complexity index is 994. The van der Waals surface area contributed by atoms with Crippen molar-refractivity contribution in [1.82, 2.24) is 20.1 Å². The van der Waals surface area contributed by atoms with E-state index >= 15 is 0 Å². The van der Waals surface area contributed by atoms with Gasteiger partial charge >= 0.3 is 0 Å². The lowest BCUT2D eigenvalue weighted by atomic mass is 10.2. The molecular weight excluding hydrogens is 390 g/mol. The molecule has 0 saturated heterocycles. The van der Waals surface area contributed by atoms with E-state index in [-0.39, 0.29) is 17.6 Å². The molecule has 1 aliphatic rings. The Balaban J connectivity index is 1.38. The number of rotatable bonds is 8. The molecule has 0 unspecified atom stereocenters. The Morgan fingerprint density at radius 2 is 2.00 bits per heavy atom. The highest BCUT2D eigenvalue weighted by Crippen LogP contribution is 2.40. The lowest BCUT2D eigenvalue weighted by Gasteiger charge is -2.09. The molecule has 3 aromatic rings. The highest BCUT2D eigenvalue weighted by Gasteiger charge is 2.30. The van der Waals surface area contributed by atoms with Gasteiger partial charge in [-0.05, 0) is 49.2 Å². The van der Waals surface area contributed by atoms with Crippen molar-refractivity contribution in [2.75, 3.05) is 18.1 Å². The monoisotopic (exact) mass is 411 g/mol.